The summed E-state index contributed by atoms with van der Waals surface area (Å²) >= 11 is 0. The summed E-state index contributed by atoms with van der Waals surface area (Å²) in [6.45, 7) is 2.82. The van der Waals surface area contributed by atoms with Crippen LogP contribution in [0.3, 0.4) is 0 Å². The van der Waals surface area contributed by atoms with Crippen LogP contribution < -0.4 is 15.6 Å². The number of carbonyl (C=O) groups is 1. The molecule has 3 aromatic rings. The largest absolute Gasteiger partial charge is 0.465 e. The van der Waals surface area contributed by atoms with Crippen LogP contribution in [0.25, 0.3) is 22.1 Å². The number of hydrogen-bond acceptors (Lipinski definition) is 5. The van der Waals surface area contributed by atoms with Gasteiger partial charge in [-0.05, 0) is 17.2 Å². The number of benzene rings is 2. The van der Waals surface area contributed by atoms with Gasteiger partial charge in [-0.15, -0.1) is 0 Å². The standard InChI is InChI=1S/C21H20N2O5/c24-18-12-19(23-8-10-27-11-9-23)28-20-16(2-1-3-17(18)20)15-6-4-14(5-7-15)13-22-21(25)26/h1-7,12,22H,8-11,13H2,(H,25,26). The lowest BCUT2D eigenvalue weighted by atomic mass is 10.0. The summed E-state index contributed by atoms with van der Waals surface area (Å²) in [6.07, 6.45) is -1.06. The molecule has 2 aromatic carbocycles. The van der Waals surface area contributed by atoms with E-state index in [0.29, 0.717) is 43.2 Å². The van der Waals surface area contributed by atoms with Crippen LogP contribution in [-0.2, 0) is 11.3 Å². The molecule has 0 saturated carbocycles. The van der Waals surface area contributed by atoms with Gasteiger partial charge < -0.3 is 24.5 Å². The zero-order valence-electron chi connectivity index (χ0n) is 15.2. The second-order valence-corrected chi connectivity index (χ2v) is 6.59. The molecule has 1 saturated heterocycles. The van der Waals surface area contributed by atoms with E-state index in [1.54, 1.807) is 6.07 Å². The van der Waals surface area contributed by atoms with Crippen molar-refractivity contribution in [1.29, 1.82) is 0 Å². The van der Waals surface area contributed by atoms with E-state index in [9.17, 15) is 9.59 Å². The third-order valence-corrected chi connectivity index (χ3v) is 4.77. The van der Waals surface area contributed by atoms with Gasteiger partial charge in [-0.3, -0.25) is 4.79 Å². The smallest absolute Gasteiger partial charge is 0.404 e. The molecule has 0 bridgehead atoms. The van der Waals surface area contributed by atoms with Gasteiger partial charge in [-0.1, -0.05) is 36.4 Å². The number of nitrogens with zero attached hydrogens (tertiary/aromatic N) is 1. The topological polar surface area (TPSA) is 92.0 Å². The molecule has 2 N–H and O–H groups in total. The van der Waals surface area contributed by atoms with Crippen LogP contribution in [0, 0.1) is 0 Å². The van der Waals surface area contributed by atoms with Crippen LogP contribution in [0.2, 0.25) is 0 Å². The van der Waals surface area contributed by atoms with E-state index in [4.69, 9.17) is 14.3 Å². The number of nitrogens with one attached hydrogen (secondary N) is 1. The Morgan fingerprint density at radius 2 is 1.86 bits per heavy atom. The van der Waals surface area contributed by atoms with Crippen molar-refractivity contribution in [2.45, 2.75) is 6.54 Å². The Labute approximate surface area is 161 Å². The number of para-hydroxylation sites is 1. The molecule has 7 heteroatoms. The molecule has 0 unspecified atom stereocenters. The highest BCUT2D eigenvalue weighted by Gasteiger charge is 2.17. The van der Waals surface area contributed by atoms with Crippen molar-refractivity contribution in [2.24, 2.45) is 0 Å². The van der Waals surface area contributed by atoms with E-state index < -0.39 is 6.09 Å². The summed E-state index contributed by atoms with van der Waals surface area (Å²) in [7, 11) is 0. The van der Waals surface area contributed by atoms with Crippen molar-refractivity contribution in [3.05, 3.63) is 64.3 Å². The van der Waals surface area contributed by atoms with Crippen LogP contribution in [0.5, 0.6) is 0 Å². The summed E-state index contributed by atoms with van der Waals surface area (Å²) in [5.74, 6) is 0.551. The molecule has 1 aliphatic heterocycles. The summed E-state index contributed by atoms with van der Waals surface area (Å²) in [4.78, 5) is 25.3. The van der Waals surface area contributed by atoms with Crippen molar-refractivity contribution in [1.82, 2.24) is 5.32 Å². The summed E-state index contributed by atoms with van der Waals surface area (Å²) in [6, 6.07) is 14.6. The number of morpholine rings is 1. The van der Waals surface area contributed by atoms with Gasteiger partial charge >= 0.3 is 6.09 Å². The lowest BCUT2D eigenvalue weighted by molar-refractivity contribution is 0.121. The fourth-order valence-corrected chi connectivity index (χ4v) is 3.31. The van der Waals surface area contributed by atoms with Crippen LogP contribution in [0.15, 0.2) is 57.7 Å². The minimum atomic E-state index is -1.06. The van der Waals surface area contributed by atoms with E-state index in [-0.39, 0.29) is 12.0 Å². The molecule has 2 heterocycles. The third-order valence-electron chi connectivity index (χ3n) is 4.77. The number of carboxylic acid groups (broad SMARTS) is 1. The first-order valence-electron chi connectivity index (χ1n) is 9.07. The molecule has 28 heavy (non-hydrogen) atoms. The normalized spacial score (nSPS) is 14.2. The van der Waals surface area contributed by atoms with E-state index in [1.165, 1.54) is 6.07 Å². The number of rotatable bonds is 4. The van der Waals surface area contributed by atoms with Crippen LogP contribution >= 0.6 is 0 Å². The molecule has 1 fully saturated rings. The lowest BCUT2D eigenvalue weighted by Crippen LogP contribution is -2.36. The Bertz CT molecular complexity index is 1050. The summed E-state index contributed by atoms with van der Waals surface area (Å²) < 4.78 is 11.5. The fraction of sp³-hybridized carbons (Fsp3) is 0.238. The maximum Gasteiger partial charge on any atom is 0.404 e. The van der Waals surface area contributed by atoms with Gasteiger partial charge in [0.1, 0.15) is 5.58 Å². The lowest BCUT2D eigenvalue weighted by Gasteiger charge is -2.27. The quantitative estimate of drug-likeness (QED) is 0.723. The van der Waals surface area contributed by atoms with E-state index in [2.05, 4.69) is 5.32 Å². The molecule has 0 aliphatic carbocycles. The molecule has 1 aliphatic rings. The highest BCUT2D eigenvalue weighted by atomic mass is 16.5. The molecule has 0 radical (unpaired) electrons. The van der Waals surface area contributed by atoms with Gasteiger partial charge in [0.15, 0.2) is 11.3 Å². The van der Waals surface area contributed by atoms with Gasteiger partial charge in [0.2, 0.25) is 0 Å². The van der Waals surface area contributed by atoms with E-state index in [1.807, 2.05) is 41.3 Å². The Kier molecular flexibility index (Phi) is 4.99. The van der Waals surface area contributed by atoms with Crippen LogP contribution in [0.4, 0.5) is 10.7 Å². The van der Waals surface area contributed by atoms with Crippen molar-refractivity contribution in [2.75, 3.05) is 31.2 Å². The Morgan fingerprint density at radius 1 is 1.11 bits per heavy atom. The van der Waals surface area contributed by atoms with Gasteiger partial charge in [0.05, 0.1) is 18.6 Å². The number of hydrogen-bond donors (Lipinski definition) is 2. The zero-order valence-corrected chi connectivity index (χ0v) is 15.2. The highest BCUT2D eigenvalue weighted by Crippen LogP contribution is 2.30. The second kappa shape index (κ2) is 7.74. The second-order valence-electron chi connectivity index (χ2n) is 6.59. The Balaban J connectivity index is 1.73. The Morgan fingerprint density at radius 3 is 2.57 bits per heavy atom. The molecule has 4 rings (SSSR count). The molecular formula is C21H20N2O5. The number of amides is 1. The number of anilines is 1. The van der Waals surface area contributed by atoms with Gasteiger partial charge in [-0.2, -0.15) is 0 Å². The minimum absolute atomic E-state index is 0.0770. The highest BCUT2D eigenvalue weighted by molar-refractivity contribution is 5.92. The predicted molar refractivity (Wildman–Crippen MR) is 106 cm³/mol. The van der Waals surface area contributed by atoms with Gasteiger partial charge in [0, 0.05) is 31.3 Å². The SMILES string of the molecule is O=C(O)NCc1ccc(-c2cccc3c(=O)cc(N4CCOCC4)oc23)cc1. The molecule has 144 valence electrons. The van der Waals surface area contributed by atoms with Crippen molar-refractivity contribution >= 4 is 22.9 Å². The average Bonchev–Trinajstić information content (AvgIpc) is 2.73. The zero-order chi connectivity index (χ0) is 19.5. The number of ether oxygens (including phenoxy) is 1. The predicted octanol–water partition coefficient (Wildman–Crippen LogP) is 3.06. The van der Waals surface area contributed by atoms with Crippen LogP contribution in [0.1, 0.15) is 5.56 Å². The molecule has 0 spiro atoms. The van der Waals surface area contributed by atoms with Crippen molar-refractivity contribution in [3.8, 4) is 11.1 Å². The average molecular weight is 380 g/mol. The van der Waals surface area contributed by atoms with Crippen LogP contribution in [-0.4, -0.2) is 37.5 Å². The van der Waals surface area contributed by atoms with Gasteiger partial charge in [-0.25, -0.2) is 4.79 Å². The summed E-state index contributed by atoms with van der Waals surface area (Å²) in [5, 5.41) is 11.6. The maximum atomic E-state index is 12.6. The first-order valence-corrected chi connectivity index (χ1v) is 9.07. The molecule has 7 nitrogen and oxygen atoms in total. The van der Waals surface area contributed by atoms with Crippen molar-refractivity contribution in [3.63, 3.8) is 0 Å². The Hall–Kier alpha value is -3.32. The number of fused-ring (bicyclic) bond motifs is 1. The molecule has 0 atom stereocenters. The molecule has 1 aromatic heterocycles. The van der Waals surface area contributed by atoms with Gasteiger partial charge in [0.25, 0.3) is 0 Å². The van der Waals surface area contributed by atoms with E-state index >= 15 is 0 Å². The summed E-state index contributed by atoms with van der Waals surface area (Å²) in [5.41, 5.74) is 3.04. The van der Waals surface area contributed by atoms with E-state index in [0.717, 1.165) is 16.7 Å². The maximum absolute atomic E-state index is 12.6. The third kappa shape index (κ3) is 3.70. The monoisotopic (exact) mass is 380 g/mol. The fourth-order valence-electron chi connectivity index (χ4n) is 3.31. The molecule has 1 amide bonds. The minimum Gasteiger partial charge on any atom is -0.465 e. The van der Waals surface area contributed by atoms with Crippen molar-refractivity contribution < 1.29 is 19.1 Å². The first-order chi connectivity index (χ1) is 13.6. The molecular weight excluding hydrogens is 360 g/mol. The first kappa shape index (κ1) is 18.1.